The maximum absolute atomic E-state index is 12.0. The Hall–Kier alpha value is -0.920. The molecule has 0 amide bonds. The average Bonchev–Trinajstić information content (AvgIpc) is 2.83. The van der Waals surface area contributed by atoms with Gasteiger partial charge in [0.15, 0.2) is 0 Å². The molecule has 7 heteroatoms. The number of aromatic nitrogens is 2. The predicted molar refractivity (Wildman–Crippen MR) is 68.6 cm³/mol. The Kier molecular flexibility index (Phi) is 5.77. The summed E-state index contributed by atoms with van der Waals surface area (Å²) < 4.78 is 28.2. The fourth-order valence-electron chi connectivity index (χ4n) is 1.58. The molecule has 0 radical (unpaired) electrons. The van der Waals surface area contributed by atoms with Gasteiger partial charge in [-0.1, -0.05) is 13.8 Å². The van der Waals surface area contributed by atoms with Gasteiger partial charge in [-0.3, -0.25) is 4.68 Å². The lowest BCUT2D eigenvalue weighted by Crippen LogP contribution is -2.33. The Morgan fingerprint density at radius 2 is 2.11 bits per heavy atom. The largest absolute Gasteiger partial charge is 0.396 e. The molecule has 0 aliphatic heterocycles. The first-order valence-electron chi connectivity index (χ1n) is 6.19. The lowest BCUT2D eigenvalue weighted by atomic mass is 10.2. The topological polar surface area (TPSA) is 84.2 Å². The summed E-state index contributed by atoms with van der Waals surface area (Å²) in [6, 6.07) is -0.0456. The number of rotatable bonds is 8. The second-order valence-corrected chi connectivity index (χ2v) is 5.86. The van der Waals surface area contributed by atoms with Crippen molar-refractivity contribution in [3.63, 3.8) is 0 Å². The first kappa shape index (κ1) is 15.1. The number of nitrogens with one attached hydrogen (secondary N) is 1. The third kappa shape index (κ3) is 4.08. The average molecular weight is 275 g/mol. The van der Waals surface area contributed by atoms with E-state index >= 15 is 0 Å². The Labute approximate surface area is 108 Å². The summed E-state index contributed by atoms with van der Waals surface area (Å²) >= 11 is 0. The van der Waals surface area contributed by atoms with Gasteiger partial charge in [-0.05, 0) is 19.3 Å². The van der Waals surface area contributed by atoms with Gasteiger partial charge in [0.25, 0.3) is 0 Å². The molecule has 6 nitrogen and oxygen atoms in total. The molecule has 1 rings (SSSR count). The Bertz CT molecular complexity index is 452. The number of aryl methyl sites for hydroxylation is 1. The van der Waals surface area contributed by atoms with Gasteiger partial charge < -0.3 is 5.11 Å². The van der Waals surface area contributed by atoms with Crippen molar-refractivity contribution in [2.75, 3.05) is 6.61 Å². The minimum absolute atomic E-state index is 0.0456. The normalized spacial score (nSPS) is 12.2. The van der Waals surface area contributed by atoms with Crippen molar-refractivity contribution in [1.82, 2.24) is 14.5 Å². The maximum atomic E-state index is 12.0. The second kappa shape index (κ2) is 6.86. The predicted octanol–water partition coefficient (Wildman–Crippen LogP) is 0.732. The number of nitrogens with zero attached hydrogens (tertiary/aromatic N) is 2. The molecule has 0 saturated carbocycles. The van der Waals surface area contributed by atoms with E-state index in [1.807, 2.05) is 13.8 Å². The second-order valence-electron chi connectivity index (χ2n) is 4.15. The van der Waals surface area contributed by atoms with E-state index in [1.54, 1.807) is 0 Å². The molecule has 1 heterocycles. The van der Waals surface area contributed by atoms with Crippen LogP contribution in [0.1, 0.15) is 33.1 Å². The summed E-state index contributed by atoms with van der Waals surface area (Å²) in [5.74, 6) is 0. The third-order valence-electron chi connectivity index (χ3n) is 2.77. The van der Waals surface area contributed by atoms with Crippen molar-refractivity contribution in [2.45, 2.75) is 50.6 Å². The highest BCUT2D eigenvalue weighted by Gasteiger charge is 2.19. The van der Waals surface area contributed by atoms with Crippen molar-refractivity contribution in [3.05, 3.63) is 12.4 Å². The fraction of sp³-hybridized carbons (Fsp3) is 0.727. The van der Waals surface area contributed by atoms with Crippen molar-refractivity contribution >= 4 is 10.0 Å². The van der Waals surface area contributed by atoms with Crippen LogP contribution in [0.25, 0.3) is 0 Å². The van der Waals surface area contributed by atoms with Gasteiger partial charge in [0.2, 0.25) is 10.0 Å². The first-order chi connectivity index (χ1) is 8.53. The van der Waals surface area contributed by atoms with Crippen LogP contribution in [0.3, 0.4) is 0 Å². The molecule has 0 aliphatic carbocycles. The third-order valence-corrected chi connectivity index (χ3v) is 4.25. The Balaban J connectivity index is 2.75. The van der Waals surface area contributed by atoms with E-state index in [-0.39, 0.29) is 17.5 Å². The van der Waals surface area contributed by atoms with Gasteiger partial charge >= 0.3 is 0 Å². The van der Waals surface area contributed by atoms with Crippen molar-refractivity contribution in [3.8, 4) is 0 Å². The van der Waals surface area contributed by atoms with E-state index in [0.29, 0.717) is 13.0 Å². The van der Waals surface area contributed by atoms with Gasteiger partial charge in [-0.15, -0.1) is 0 Å². The Morgan fingerprint density at radius 1 is 1.44 bits per heavy atom. The number of hydrogen-bond acceptors (Lipinski definition) is 4. The van der Waals surface area contributed by atoms with Gasteiger partial charge in [0.05, 0.1) is 6.20 Å². The highest BCUT2D eigenvalue weighted by molar-refractivity contribution is 7.89. The van der Waals surface area contributed by atoms with Gasteiger partial charge in [-0.25, -0.2) is 13.1 Å². The van der Waals surface area contributed by atoms with E-state index in [1.165, 1.54) is 17.1 Å². The minimum atomic E-state index is -3.48. The van der Waals surface area contributed by atoms with Crippen LogP contribution in [0.4, 0.5) is 0 Å². The lowest BCUT2D eigenvalue weighted by Gasteiger charge is -2.13. The molecule has 1 aromatic rings. The summed E-state index contributed by atoms with van der Waals surface area (Å²) in [5, 5.41) is 12.7. The molecule has 1 aromatic heterocycles. The van der Waals surface area contributed by atoms with Crippen LogP contribution in [-0.2, 0) is 16.6 Å². The molecule has 0 atom stereocenters. The van der Waals surface area contributed by atoms with E-state index in [4.69, 9.17) is 5.11 Å². The van der Waals surface area contributed by atoms with Gasteiger partial charge in [0.1, 0.15) is 4.90 Å². The molecule has 18 heavy (non-hydrogen) atoms. The molecule has 2 N–H and O–H groups in total. The van der Waals surface area contributed by atoms with Crippen molar-refractivity contribution < 1.29 is 13.5 Å². The van der Waals surface area contributed by atoms with Crippen LogP contribution in [0.5, 0.6) is 0 Å². The Morgan fingerprint density at radius 3 is 2.67 bits per heavy atom. The van der Waals surface area contributed by atoms with E-state index in [0.717, 1.165) is 12.8 Å². The lowest BCUT2D eigenvalue weighted by molar-refractivity contribution is 0.277. The zero-order valence-corrected chi connectivity index (χ0v) is 11.7. The molecule has 0 bridgehead atoms. The van der Waals surface area contributed by atoms with Crippen molar-refractivity contribution in [2.24, 2.45) is 0 Å². The highest BCUT2D eigenvalue weighted by atomic mass is 32.2. The molecular weight excluding hydrogens is 254 g/mol. The minimum Gasteiger partial charge on any atom is -0.396 e. The van der Waals surface area contributed by atoms with Crippen LogP contribution in [0.15, 0.2) is 17.3 Å². The smallest absolute Gasteiger partial charge is 0.243 e. The zero-order valence-electron chi connectivity index (χ0n) is 10.8. The molecule has 0 aliphatic rings. The molecule has 0 unspecified atom stereocenters. The summed E-state index contributed by atoms with van der Waals surface area (Å²) in [6.07, 6.45) is 4.90. The SMILES string of the molecule is CCC(CC)NS(=O)(=O)c1cnn(CCCO)c1. The first-order valence-corrected chi connectivity index (χ1v) is 7.67. The van der Waals surface area contributed by atoms with Crippen LogP contribution in [0.2, 0.25) is 0 Å². The standard InChI is InChI=1S/C11H21N3O3S/c1-3-10(4-2)13-18(16,17)11-8-12-14(9-11)6-5-7-15/h8-10,13,15H,3-7H2,1-2H3. The van der Waals surface area contributed by atoms with Crippen LogP contribution in [-0.4, -0.2) is 36.0 Å². The van der Waals surface area contributed by atoms with E-state index in [9.17, 15) is 8.42 Å². The van der Waals surface area contributed by atoms with Crippen molar-refractivity contribution in [1.29, 1.82) is 0 Å². The highest BCUT2D eigenvalue weighted by Crippen LogP contribution is 2.10. The molecule has 0 spiro atoms. The molecule has 0 saturated heterocycles. The number of sulfonamides is 1. The molecular formula is C11H21N3O3S. The van der Waals surface area contributed by atoms with Gasteiger partial charge in [0, 0.05) is 25.4 Å². The summed E-state index contributed by atoms with van der Waals surface area (Å²) in [7, 11) is -3.48. The monoisotopic (exact) mass is 275 g/mol. The van der Waals surface area contributed by atoms with Crippen LogP contribution < -0.4 is 4.72 Å². The number of aliphatic hydroxyl groups is 1. The fourth-order valence-corrected chi connectivity index (χ4v) is 2.94. The maximum Gasteiger partial charge on any atom is 0.243 e. The number of aliphatic hydroxyl groups excluding tert-OH is 1. The molecule has 0 fully saturated rings. The van der Waals surface area contributed by atoms with Crippen LogP contribution >= 0.6 is 0 Å². The number of hydrogen-bond donors (Lipinski definition) is 2. The summed E-state index contributed by atoms with van der Waals surface area (Å²) in [6.45, 7) is 4.47. The van der Waals surface area contributed by atoms with E-state index in [2.05, 4.69) is 9.82 Å². The van der Waals surface area contributed by atoms with Crippen LogP contribution in [0, 0.1) is 0 Å². The van der Waals surface area contributed by atoms with E-state index < -0.39 is 10.0 Å². The quantitative estimate of drug-likeness (QED) is 0.732. The molecule has 104 valence electrons. The summed E-state index contributed by atoms with van der Waals surface area (Å²) in [4.78, 5) is 0.173. The summed E-state index contributed by atoms with van der Waals surface area (Å²) in [5.41, 5.74) is 0. The molecule has 0 aromatic carbocycles. The zero-order chi connectivity index (χ0) is 13.6. The van der Waals surface area contributed by atoms with Gasteiger partial charge in [-0.2, -0.15) is 5.10 Å².